The zero-order chi connectivity index (χ0) is 13.9. The van der Waals surface area contributed by atoms with Crippen molar-refractivity contribution in [3.05, 3.63) is 41.2 Å². The van der Waals surface area contributed by atoms with Crippen molar-refractivity contribution in [2.75, 3.05) is 18.1 Å². The second-order valence-electron chi connectivity index (χ2n) is 4.64. The fourth-order valence-corrected chi connectivity index (χ4v) is 2.69. The Hall–Kier alpha value is -1.50. The molecule has 2 aromatic rings. The molecule has 0 radical (unpaired) electrons. The van der Waals surface area contributed by atoms with E-state index in [1.165, 1.54) is 4.90 Å². The van der Waals surface area contributed by atoms with Gasteiger partial charge in [-0.3, -0.25) is 9.89 Å². The number of carbonyl (C=O) groups is 1. The topological polar surface area (TPSA) is 69.8 Å². The minimum absolute atomic E-state index is 0. The fraction of sp³-hybridized carbons (Fsp3) is 0.286. The molecule has 21 heavy (non-hydrogen) atoms. The normalized spacial score (nSPS) is 13.2. The number of hydrogen-bond donors (Lipinski definition) is 3. The van der Waals surface area contributed by atoms with Crippen LogP contribution in [-0.2, 0) is 13.0 Å². The van der Waals surface area contributed by atoms with Crippen LogP contribution in [0.2, 0.25) is 0 Å². The first kappa shape index (κ1) is 15.9. The number of aromatic amines is 1. The summed E-state index contributed by atoms with van der Waals surface area (Å²) in [5.41, 5.74) is 3.32. The molecule has 0 aliphatic carbocycles. The van der Waals surface area contributed by atoms with Crippen molar-refractivity contribution in [1.82, 2.24) is 15.5 Å². The summed E-state index contributed by atoms with van der Waals surface area (Å²) >= 11 is 1.67. The van der Waals surface area contributed by atoms with Gasteiger partial charge < -0.3 is 10.6 Å². The molecule has 1 amide bonds. The average Bonchev–Trinajstić information content (AvgIpc) is 2.92. The summed E-state index contributed by atoms with van der Waals surface area (Å²) in [5.74, 6) is -0.164. The van der Waals surface area contributed by atoms with E-state index >= 15 is 0 Å². The second-order valence-corrected chi connectivity index (χ2v) is 5.52. The molecular formula is C14H17ClN4OS. The molecule has 112 valence electrons. The standard InChI is InChI=1S/C14H16N4OS.ClH/c1-20-10-4-2-9(3-5-10)16-14(19)13-11-8-15-7-6-12(11)17-18-13;/h2-5,15H,6-8H2,1H3,(H,16,19)(H,17,18);1H. The predicted octanol–water partition coefficient (Wildman–Crippen LogP) is 2.45. The maximum absolute atomic E-state index is 12.3. The Morgan fingerprint density at radius 3 is 2.81 bits per heavy atom. The van der Waals surface area contributed by atoms with E-state index in [4.69, 9.17) is 0 Å². The number of rotatable bonds is 3. The molecule has 7 heteroatoms. The van der Waals surface area contributed by atoms with Gasteiger partial charge in [0.15, 0.2) is 5.69 Å². The molecule has 0 atom stereocenters. The Bertz CT molecular complexity index is 626. The third-order valence-corrected chi connectivity index (χ3v) is 4.11. The molecule has 0 saturated heterocycles. The molecule has 0 spiro atoms. The lowest BCUT2D eigenvalue weighted by molar-refractivity contribution is 0.102. The predicted molar refractivity (Wildman–Crippen MR) is 87.4 cm³/mol. The monoisotopic (exact) mass is 324 g/mol. The van der Waals surface area contributed by atoms with Crippen molar-refractivity contribution in [3.8, 4) is 0 Å². The highest BCUT2D eigenvalue weighted by Crippen LogP contribution is 2.19. The minimum Gasteiger partial charge on any atom is -0.321 e. The molecular weight excluding hydrogens is 308 g/mol. The number of thioether (sulfide) groups is 1. The maximum Gasteiger partial charge on any atom is 0.276 e. The fourth-order valence-electron chi connectivity index (χ4n) is 2.28. The van der Waals surface area contributed by atoms with Crippen molar-refractivity contribution in [2.24, 2.45) is 0 Å². The van der Waals surface area contributed by atoms with Crippen molar-refractivity contribution < 1.29 is 4.79 Å². The Balaban J connectivity index is 0.00000161. The summed E-state index contributed by atoms with van der Waals surface area (Å²) in [5, 5.41) is 13.2. The second kappa shape index (κ2) is 6.98. The van der Waals surface area contributed by atoms with Crippen molar-refractivity contribution in [1.29, 1.82) is 0 Å². The van der Waals surface area contributed by atoms with Gasteiger partial charge in [0.25, 0.3) is 5.91 Å². The van der Waals surface area contributed by atoms with Crippen LogP contribution >= 0.6 is 24.2 Å². The van der Waals surface area contributed by atoms with E-state index in [0.29, 0.717) is 12.2 Å². The quantitative estimate of drug-likeness (QED) is 0.759. The number of benzene rings is 1. The highest BCUT2D eigenvalue weighted by Gasteiger charge is 2.21. The van der Waals surface area contributed by atoms with Gasteiger partial charge in [-0.25, -0.2) is 0 Å². The SMILES string of the molecule is CSc1ccc(NC(=O)c2n[nH]c3c2CNCC3)cc1.Cl. The van der Waals surface area contributed by atoms with Crippen LogP contribution in [0.15, 0.2) is 29.2 Å². The lowest BCUT2D eigenvalue weighted by atomic mass is 10.1. The first-order valence-corrected chi connectivity index (χ1v) is 7.72. The van der Waals surface area contributed by atoms with E-state index in [0.717, 1.165) is 29.9 Å². The highest BCUT2D eigenvalue weighted by atomic mass is 35.5. The number of H-pyrrole nitrogens is 1. The lowest BCUT2D eigenvalue weighted by Crippen LogP contribution is -2.25. The third-order valence-electron chi connectivity index (χ3n) is 3.37. The molecule has 0 unspecified atom stereocenters. The van der Waals surface area contributed by atoms with Gasteiger partial charge in [-0.1, -0.05) is 0 Å². The number of aromatic nitrogens is 2. The van der Waals surface area contributed by atoms with Gasteiger partial charge in [-0.05, 0) is 30.5 Å². The van der Waals surface area contributed by atoms with Gasteiger partial charge >= 0.3 is 0 Å². The van der Waals surface area contributed by atoms with E-state index in [1.54, 1.807) is 11.8 Å². The number of nitrogens with zero attached hydrogens (tertiary/aromatic N) is 1. The number of nitrogens with one attached hydrogen (secondary N) is 3. The van der Waals surface area contributed by atoms with Crippen LogP contribution in [0.1, 0.15) is 21.7 Å². The number of amides is 1. The summed E-state index contributed by atoms with van der Waals surface area (Å²) in [4.78, 5) is 13.4. The largest absolute Gasteiger partial charge is 0.321 e. The lowest BCUT2D eigenvalue weighted by Gasteiger charge is -2.12. The summed E-state index contributed by atoms with van der Waals surface area (Å²) in [6, 6.07) is 7.78. The molecule has 3 rings (SSSR count). The van der Waals surface area contributed by atoms with Gasteiger partial charge in [0.05, 0.1) is 0 Å². The van der Waals surface area contributed by atoms with Gasteiger partial charge in [-0.15, -0.1) is 24.2 Å². The molecule has 1 aromatic carbocycles. The van der Waals surface area contributed by atoms with Gasteiger partial charge in [0, 0.05) is 41.4 Å². The van der Waals surface area contributed by atoms with E-state index in [9.17, 15) is 4.79 Å². The number of hydrogen-bond acceptors (Lipinski definition) is 4. The van der Waals surface area contributed by atoms with Crippen LogP contribution in [0, 0.1) is 0 Å². The van der Waals surface area contributed by atoms with Gasteiger partial charge in [-0.2, -0.15) is 5.10 Å². The molecule has 3 N–H and O–H groups in total. The number of fused-ring (bicyclic) bond motifs is 1. The third kappa shape index (κ3) is 3.40. The van der Waals surface area contributed by atoms with Crippen LogP contribution in [0.4, 0.5) is 5.69 Å². The Kier molecular flexibility index (Phi) is 5.27. The molecule has 0 bridgehead atoms. The summed E-state index contributed by atoms with van der Waals surface area (Å²) in [6.07, 6.45) is 2.91. The first-order chi connectivity index (χ1) is 9.78. The van der Waals surface area contributed by atoms with Crippen LogP contribution < -0.4 is 10.6 Å². The number of carbonyl (C=O) groups excluding carboxylic acids is 1. The molecule has 1 aliphatic heterocycles. The Morgan fingerprint density at radius 2 is 2.10 bits per heavy atom. The molecule has 5 nitrogen and oxygen atoms in total. The molecule has 0 saturated carbocycles. The number of anilines is 1. The van der Waals surface area contributed by atoms with Crippen LogP contribution in [-0.4, -0.2) is 28.9 Å². The maximum atomic E-state index is 12.3. The van der Waals surface area contributed by atoms with Crippen LogP contribution in [0.3, 0.4) is 0 Å². The van der Waals surface area contributed by atoms with Crippen LogP contribution in [0.25, 0.3) is 0 Å². The first-order valence-electron chi connectivity index (χ1n) is 6.50. The Morgan fingerprint density at radius 1 is 1.33 bits per heavy atom. The zero-order valence-electron chi connectivity index (χ0n) is 11.6. The molecule has 1 aromatic heterocycles. The summed E-state index contributed by atoms with van der Waals surface area (Å²) < 4.78 is 0. The van der Waals surface area contributed by atoms with Crippen molar-refractivity contribution >= 4 is 35.8 Å². The summed E-state index contributed by atoms with van der Waals surface area (Å²) in [6.45, 7) is 1.62. The highest BCUT2D eigenvalue weighted by molar-refractivity contribution is 7.98. The van der Waals surface area contributed by atoms with Crippen molar-refractivity contribution in [3.63, 3.8) is 0 Å². The van der Waals surface area contributed by atoms with E-state index in [-0.39, 0.29) is 18.3 Å². The molecule has 0 fully saturated rings. The van der Waals surface area contributed by atoms with E-state index in [2.05, 4.69) is 20.8 Å². The van der Waals surface area contributed by atoms with Gasteiger partial charge in [0.1, 0.15) is 0 Å². The van der Waals surface area contributed by atoms with Gasteiger partial charge in [0.2, 0.25) is 0 Å². The average molecular weight is 325 g/mol. The summed E-state index contributed by atoms with van der Waals surface area (Å²) in [7, 11) is 0. The zero-order valence-corrected chi connectivity index (χ0v) is 13.2. The van der Waals surface area contributed by atoms with E-state index in [1.807, 2.05) is 30.5 Å². The van der Waals surface area contributed by atoms with Crippen molar-refractivity contribution in [2.45, 2.75) is 17.9 Å². The smallest absolute Gasteiger partial charge is 0.276 e. The Labute approximate surface area is 133 Å². The molecule has 2 heterocycles. The van der Waals surface area contributed by atoms with Crippen LogP contribution in [0.5, 0.6) is 0 Å². The number of halogens is 1. The molecule has 1 aliphatic rings. The van der Waals surface area contributed by atoms with E-state index < -0.39 is 0 Å². The minimum atomic E-state index is -0.164.